The smallest absolute Gasteiger partial charge is 0.183 e. The molecule has 0 spiro atoms. The zero-order valence-electron chi connectivity index (χ0n) is 11.8. The van der Waals surface area contributed by atoms with Crippen LogP contribution in [-0.4, -0.2) is 21.6 Å². The van der Waals surface area contributed by atoms with Crippen molar-refractivity contribution in [2.24, 2.45) is 5.73 Å². The number of nitrogens with one attached hydrogen (secondary N) is 1. The van der Waals surface area contributed by atoms with Crippen molar-refractivity contribution in [2.75, 3.05) is 6.54 Å². The van der Waals surface area contributed by atoms with Crippen LogP contribution in [0.1, 0.15) is 11.1 Å². The predicted molar refractivity (Wildman–Crippen MR) is 86.2 cm³/mol. The molecule has 0 fully saturated rings. The van der Waals surface area contributed by atoms with Gasteiger partial charge in [-0.15, -0.1) is 0 Å². The molecule has 2 rings (SSSR count). The average molecular weight is 299 g/mol. The monoisotopic (exact) mass is 299 g/mol. The lowest BCUT2D eigenvalue weighted by Gasteiger charge is -2.28. The molecule has 0 saturated heterocycles. The van der Waals surface area contributed by atoms with Crippen molar-refractivity contribution in [1.29, 1.82) is 5.26 Å². The quantitative estimate of drug-likeness (QED) is 0.826. The summed E-state index contributed by atoms with van der Waals surface area (Å²) in [6, 6.07) is 10.4. The number of nitrogens with zero attached hydrogens (tertiary/aromatic N) is 3. The van der Waals surface area contributed by atoms with E-state index in [2.05, 4.69) is 30.6 Å². The zero-order valence-corrected chi connectivity index (χ0v) is 12.6. The summed E-state index contributed by atoms with van der Waals surface area (Å²) in [5.74, 6) is 0. The molecule has 3 N–H and O–H groups in total. The molecule has 0 aromatic heterocycles. The second kappa shape index (κ2) is 6.77. The van der Waals surface area contributed by atoms with Gasteiger partial charge in [-0.1, -0.05) is 24.3 Å². The molecule has 108 valence electrons. The lowest BCUT2D eigenvalue weighted by molar-refractivity contribution is 0.381. The minimum Gasteiger partial charge on any atom is -0.375 e. The van der Waals surface area contributed by atoms with Gasteiger partial charge in [-0.3, -0.25) is 10.4 Å². The van der Waals surface area contributed by atoms with Crippen LogP contribution in [0.2, 0.25) is 0 Å². The average Bonchev–Trinajstić information content (AvgIpc) is 2.46. The van der Waals surface area contributed by atoms with Crippen LogP contribution in [0.3, 0.4) is 0 Å². The molecule has 1 aliphatic rings. The van der Waals surface area contributed by atoms with Gasteiger partial charge >= 0.3 is 0 Å². The maximum Gasteiger partial charge on any atom is 0.183 e. The molecule has 1 aromatic carbocycles. The van der Waals surface area contributed by atoms with E-state index >= 15 is 0 Å². The van der Waals surface area contributed by atoms with Gasteiger partial charge in [0.05, 0.1) is 6.20 Å². The lowest BCUT2D eigenvalue weighted by atomic mass is 10.1. The Kier molecular flexibility index (Phi) is 4.80. The highest BCUT2D eigenvalue weighted by atomic mass is 32.1. The summed E-state index contributed by atoms with van der Waals surface area (Å²) in [4.78, 5) is 1.91. The third-order valence-corrected chi connectivity index (χ3v) is 3.31. The number of hydrogen-bond acceptors (Lipinski definition) is 4. The number of thiocarbonyl (C=S) groups is 1. The molecule has 0 atom stereocenters. The van der Waals surface area contributed by atoms with Gasteiger partial charge < -0.3 is 10.6 Å². The Morgan fingerprint density at radius 1 is 1.38 bits per heavy atom. The molecule has 0 amide bonds. The van der Waals surface area contributed by atoms with E-state index < -0.39 is 0 Å². The fourth-order valence-electron chi connectivity index (χ4n) is 2.10. The topological polar surface area (TPSA) is 68.3 Å². The van der Waals surface area contributed by atoms with E-state index in [-0.39, 0.29) is 5.11 Å². The van der Waals surface area contributed by atoms with Crippen LogP contribution in [0.15, 0.2) is 48.6 Å². The number of rotatable bonds is 4. The number of allylic oxidation sites excluding steroid dienone is 1. The van der Waals surface area contributed by atoms with Crippen LogP contribution in [0.4, 0.5) is 0 Å². The van der Waals surface area contributed by atoms with E-state index in [1.54, 1.807) is 17.4 Å². The SMILES string of the molecule is Cc1ccccc1CCN1C=CN(NC(N)=S)C=C1C#N. The summed E-state index contributed by atoms with van der Waals surface area (Å²) < 4.78 is 0. The third kappa shape index (κ3) is 3.97. The van der Waals surface area contributed by atoms with Crippen LogP contribution < -0.4 is 11.2 Å². The van der Waals surface area contributed by atoms with Crippen molar-refractivity contribution in [2.45, 2.75) is 13.3 Å². The highest BCUT2D eigenvalue weighted by Gasteiger charge is 2.13. The summed E-state index contributed by atoms with van der Waals surface area (Å²) in [7, 11) is 0. The van der Waals surface area contributed by atoms with Crippen molar-refractivity contribution >= 4 is 17.3 Å². The Bertz CT molecular complexity index is 629. The van der Waals surface area contributed by atoms with Crippen molar-refractivity contribution in [3.8, 4) is 6.07 Å². The van der Waals surface area contributed by atoms with Crippen LogP contribution in [-0.2, 0) is 6.42 Å². The Labute approximate surface area is 129 Å². The van der Waals surface area contributed by atoms with E-state index in [1.807, 2.05) is 23.2 Å². The van der Waals surface area contributed by atoms with E-state index in [4.69, 9.17) is 18.0 Å². The first kappa shape index (κ1) is 14.9. The third-order valence-electron chi connectivity index (χ3n) is 3.22. The largest absolute Gasteiger partial charge is 0.375 e. The van der Waals surface area contributed by atoms with Gasteiger partial charge in [0.2, 0.25) is 0 Å². The molecular formula is C15H17N5S. The molecule has 6 heteroatoms. The van der Waals surface area contributed by atoms with Gasteiger partial charge in [-0.05, 0) is 36.7 Å². The van der Waals surface area contributed by atoms with Gasteiger partial charge in [0, 0.05) is 18.9 Å². The molecule has 0 saturated carbocycles. The van der Waals surface area contributed by atoms with Crippen molar-refractivity contribution in [3.63, 3.8) is 0 Å². The summed E-state index contributed by atoms with van der Waals surface area (Å²) >= 11 is 4.78. The normalized spacial score (nSPS) is 13.6. The minimum atomic E-state index is 0.154. The number of nitriles is 1. The maximum absolute atomic E-state index is 9.25. The second-order valence-corrected chi connectivity index (χ2v) is 5.12. The number of benzene rings is 1. The molecule has 0 bridgehead atoms. The van der Waals surface area contributed by atoms with Crippen molar-refractivity contribution < 1.29 is 0 Å². The minimum absolute atomic E-state index is 0.154. The molecule has 0 unspecified atom stereocenters. The van der Waals surface area contributed by atoms with Crippen molar-refractivity contribution in [1.82, 2.24) is 15.3 Å². The van der Waals surface area contributed by atoms with E-state index in [0.29, 0.717) is 5.70 Å². The fourth-order valence-corrected chi connectivity index (χ4v) is 2.20. The van der Waals surface area contributed by atoms with E-state index in [9.17, 15) is 5.26 Å². The van der Waals surface area contributed by atoms with Crippen LogP contribution >= 0.6 is 12.2 Å². The molecule has 0 radical (unpaired) electrons. The van der Waals surface area contributed by atoms with Gasteiger partial charge in [-0.25, -0.2) is 0 Å². The predicted octanol–water partition coefficient (Wildman–Crippen LogP) is 1.74. The molecular weight excluding hydrogens is 282 g/mol. The number of hydrogen-bond donors (Lipinski definition) is 2. The lowest BCUT2D eigenvalue weighted by Crippen LogP contribution is -2.41. The van der Waals surface area contributed by atoms with Crippen LogP contribution in [0, 0.1) is 18.3 Å². The Morgan fingerprint density at radius 3 is 2.81 bits per heavy atom. The Hall–Kier alpha value is -2.52. The Balaban J connectivity index is 2.02. The summed E-state index contributed by atoms with van der Waals surface area (Å²) in [5.41, 5.74) is 11.2. The molecule has 1 heterocycles. The van der Waals surface area contributed by atoms with Gasteiger partial charge in [-0.2, -0.15) is 5.26 Å². The molecule has 1 aliphatic heterocycles. The fraction of sp³-hybridized carbons (Fsp3) is 0.200. The standard InChI is InChI=1S/C15H17N5S/c1-12-4-2-3-5-13(12)6-7-19-8-9-20(18-15(17)21)11-14(19)10-16/h2-5,8-9,11H,6-7H2,1H3,(H3,17,18,21). The summed E-state index contributed by atoms with van der Waals surface area (Å²) in [5, 5.41) is 11.0. The number of hydrazine groups is 1. The van der Waals surface area contributed by atoms with Gasteiger partial charge in [0.25, 0.3) is 0 Å². The second-order valence-electron chi connectivity index (χ2n) is 4.68. The van der Waals surface area contributed by atoms with Gasteiger partial charge in [0.1, 0.15) is 11.8 Å². The first-order valence-corrected chi connectivity index (χ1v) is 6.97. The van der Waals surface area contributed by atoms with Crippen LogP contribution in [0.25, 0.3) is 0 Å². The van der Waals surface area contributed by atoms with Gasteiger partial charge in [0.15, 0.2) is 5.11 Å². The molecule has 21 heavy (non-hydrogen) atoms. The summed E-state index contributed by atoms with van der Waals surface area (Å²) in [6.45, 7) is 2.83. The number of nitrogens with two attached hydrogens (primary N) is 1. The van der Waals surface area contributed by atoms with Crippen molar-refractivity contribution in [3.05, 3.63) is 59.7 Å². The first-order valence-electron chi connectivity index (χ1n) is 6.56. The zero-order chi connectivity index (χ0) is 15.2. The first-order chi connectivity index (χ1) is 10.1. The molecule has 1 aromatic rings. The Morgan fingerprint density at radius 2 is 2.14 bits per heavy atom. The van der Waals surface area contributed by atoms with E-state index in [1.165, 1.54) is 11.1 Å². The van der Waals surface area contributed by atoms with Crippen LogP contribution in [0.5, 0.6) is 0 Å². The summed E-state index contributed by atoms with van der Waals surface area (Å²) in [6.07, 6.45) is 6.15. The number of aryl methyl sites for hydroxylation is 1. The van der Waals surface area contributed by atoms with E-state index in [0.717, 1.165) is 13.0 Å². The maximum atomic E-state index is 9.25. The highest BCUT2D eigenvalue weighted by Crippen LogP contribution is 2.14. The highest BCUT2D eigenvalue weighted by molar-refractivity contribution is 7.80. The molecule has 0 aliphatic carbocycles. The molecule has 5 nitrogen and oxygen atoms in total.